The van der Waals surface area contributed by atoms with E-state index in [1.54, 1.807) is 7.05 Å². The van der Waals surface area contributed by atoms with Crippen molar-refractivity contribution >= 4 is 32.7 Å². The van der Waals surface area contributed by atoms with Crippen molar-refractivity contribution in [3.8, 4) is 0 Å². The lowest BCUT2D eigenvalue weighted by Gasteiger charge is -2.04. The number of amides is 1. The van der Waals surface area contributed by atoms with Crippen LogP contribution in [0.15, 0.2) is 34.9 Å². The van der Waals surface area contributed by atoms with Crippen LogP contribution in [0.5, 0.6) is 0 Å². The van der Waals surface area contributed by atoms with E-state index >= 15 is 0 Å². The first-order chi connectivity index (χ1) is 7.70. The summed E-state index contributed by atoms with van der Waals surface area (Å²) in [5, 5.41) is 3.82. The van der Waals surface area contributed by atoms with Gasteiger partial charge in [0.2, 0.25) is 5.91 Å². The predicted molar refractivity (Wildman–Crippen MR) is 68.3 cm³/mol. The summed E-state index contributed by atoms with van der Waals surface area (Å²) >= 11 is 3.45. The number of aromatic nitrogens is 1. The molecule has 0 bridgehead atoms. The van der Waals surface area contributed by atoms with Crippen molar-refractivity contribution < 1.29 is 4.79 Å². The Hall–Kier alpha value is -1.29. The second-order valence-corrected chi connectivity index (χ2v) is 4.55. The lowest BCUT2D eigenvalue weighted by molar-refractivity contribution is -0.120. The Bertz CT molecular complexity index is 519. The normalized spacial score (nSPS) is 10.6. The van der Waals surface area contributed by atoms with Crippen LogP contribution >= 0.6 is 15.9 Å². The first-order valence-corrected chi connectivity index (χ1v) is 5.95. The highest BCUT2D eigenvalue weighted by atomic mass is 79.9. The van der Waals surface area contributed by atoms with Gasteiger partial charge in [-0.3, -0.25) is 4.79 Å². The molecule has 0 unspecified atom stereocenters. The molecular formula is C12H13BrN2O. The maximum absolute atomic E-state index is 11.2. The molecule has 4 heteroatoms. The fourth-order valence-electron chi connectivity index (χ4n) is 1.70. The molecule has 84 valence electrons. The highest BCUT2D eigenvalue weighted by Gasteiger charge is 2.03. The molecule has 0 saturated carbocycles. The maximum Gasteiger partial charge on any atom is 0.221 e. The third kappa shape index (κ3) is 2.27. The monoisotopic (exact) mass is 280 g/mol. The van der Waals surface area contributed by atoms with Crippen LogP contribution in [-0.4, -0.2) is 17.5 Å². The standard InChI is InChI=1S/C12H13BrN2O/c1-14-12(16)5-7-15-6-4-9-2-3-10(13)8-11(9)15/h2-4,6,8H,5,7H2,1H3,(H,14,16). The molecule has 0 aliphatic heterocycles. The molecule has 1 heterocycles. The van der Waals surface area contributed by atoms with Crippen LogP contribution < -0.4 is 5.32 Å². The van der Waals surface area contributed by atoms with Gasteiger partial charge >= 0.3 is 0 Å². The number of carbonyl (C=O) groups excluding carboxylic acids is 1. The molecule has 0 aliphatic carbocycles. The van der Waals surface area contributed by atoms with Crippen LogP contribution in [0.1, 0.15) is 6.42 Å². The smallest absolute Gasteiger partial charge is 0.221 e. The highest BCUT2D eigenvalue weighted by molar-refractivity contribution is 9.10. The first-order valence-electron chi connectivity index (χ1n) is 5.15. The summed E-state index contributed by atoms with van der Waals surface area (Å²) < 4.78 is 3.15. The van der Waals surface area contributed by atoms with Crippen LogP contribution in [0.25, 0.3) is 10.9 Å². The number of benzene rings is 1. The summed E-state index contributed by atoms with van der Waals surface area (Å²) in [7, 11) is 1.66. The average Bonchev–Trinajstić information content (AvgIpc) is 2.68. The van der Waals surface area contributed by atoms with Crippen molar-refractivity contribution in [2.75, 3.05) is 7.05 Å². The maximum atomic E-state index is 11.2. The molecule has 1 aromatic heterocycles. The van der Waals surface area contributed by atoms with Gasteiger partial charge in [-0.15, -0.1) is 0 Å². The summed E-state index contributed by atoms with van der Waals surface area (Å²) in [5.41, 5.74) is 1.15. The number of hydrogen-bond acceptors (Lipinski definition) is 1. The summed E-state index contributed by atoms with van der Waals surface area (Å²) in [6.45, 7) is 0.708. The van der Waals surface area contributed by atoms with Gasteiger partial charge in [0.25, 0.3) is 0 Å². The third-order valence-electron chi connectivity index (χ3n) is 2.59. The molecule has 16 heavy (non-hydrogen) atoms. The fraction of sp³-hybridized carbons (Fsp3) is 0.250. The minimum Gasteiger partial charge on any atom is -0.359 e. The molecule has 1 N–H and O–H groups in total. The molecule has 0 radical (unpaired) electrons. The summed E-state index contributed by atoms with van der Waals surface area (Å²) in [5.74, 6) is 0.0665. The van der Waals surface area contributed by atoms with Crippen molar-refractivity contribution in [1.29, 1.82) is 0 Å². The molecule has 0 atom stereocenters. The molecule has 0 aliphatic rings. The molecule has 0 spiro atoms. The fourth-order valence-corrected chi connectivity index (χ4v) is 2.05. The van der Waals surface area contributed by atoms with Gasteiger partial charge in [0.15, 0.2) is 0 Å². The van der Waals surface area contributed by atoms with Gasteiger partial charge in [-0.05, 0) is 23.6 Å². The Morgan fingerprint density at radius 3 is 3.00 bits per heavy atom. The van der Waals surface area contributed by atoms with Gasteiger partial charge < -0.3 is 9.88 Å². The molecule has 3 nitrogen and oxygen atoms in total. The third-order valence-corrected chi connectivity index (χ3v) is 3.09. The topological polar surface area (TPSA) is 34.0 Å². The van der Waals surface area contributed by atoms with Gasteiger partial charge in [0.05, 0.1) is 0 Å². The zero-order valence-electron chi connectivity index (χ0n) is 9.03. The van der Waals surface area contributed by atoms with E-state index in [-0.39, 0.29) is 5.91 Å². The van der Waals surface area contributed by atoms with E-state index in [1.807, 2.05) is 12.3 Å². The Labute approximate surface area is 103 Å². The molecule has 2 rings (SSSR count). The van der Waals surface area contributed by atoms with Crippen LogP contribution in [0.4, 0.5) is 0 Å². The van der Waals surface area contributed by atoms with Crippen LogP contribution in [0.3, 0.4) is 0 Å². The Balaban J connectivity index is 2.24. The number of nitrogens with one attached hydrogen (secondary N) is 1. The molecule has 1 aromatic carbocycles. The van der Waals surface area contributed by atoms with Crippen molar-refractivity contribution in [2.24, 2.45) is 0 Å². The van der Waals surface area contributed by atoms with Gasteiger partial charge in [-0.1, -0.05) is 22.0 Å². The number of aryl methyl sites for hydroxylation is 1. The van der Waals surface area contributed by atoms with Gasteiger partial charge in [0, 0.05) is 36.2 Å². The van der Waals surface area contributed by atoms with Gasteiger partial charge in [-0.2, -0.15) is 0 Å². The van der Waals surface area contributed by atoms with Crippen LogP contribution in [-0.2, 0) is 11.3 Å². The van der Waals surface area contributed by atoms with E-state index in [0.29, 0.717) is 13.0 Å². The lowest BCUT2D eigenvalue weighted by Crippen LogP contribution is -2.19. The minimum absolute atomic E-state index is 0.0665. The number of nitrogens with zero attached hydrogens (tertiary/aromatic N) is 1. The molecular weight excluding hydrogens is 268 g/mol. The van der Waals surface area contributed by atoms with Crippen molar-refractivity contribution in [2.45, 2.75) is 13.0 Å². The van der Waals surface area contributed by atoms with Gasteiger partial charge in [0.1, 0.15) is 0 Å². The second kappa shape index (κ2) is 4.70. The van der Waals surface area contributed by atoms with E-state index < -0.39 is 0 Å². The zero-order chi connectivity index (χ0) is 11.5. The Kier molecular flexibility index (Phi) is 3.29. The summed E-state index contributed by atoms with van der Waals surface area (Å²) in [6, 6.07) is 8.21. The zero-order valence-corrected chi connectivity index (χ0v) is 10.6. The van der Waals surface area contributed by atoms with Crippen LogP contribution in [0.2, 0.25) is 0 Å². The quantitative estimate of drug-likeness (QED) is 0.921. The highest BCUT2D eigenvalue weighted by Crippen LogP contribution is 2.21. The van der Waals surface area contributed by atoms with E-state index in [4.69, 9.17) is 0 Å². The number of carbonyl (C=O) groups is 1. The van der Waals surface area contributed by atoms with E-state index in [2.05, 4.69) is 44.0 Å². The van der Waals surface area contributed by atoms with Crippen LogP contribution in [0, 0.1) is 0 Å². The largest absolute Gasteiger partial charge is 0.359 e. The van der Waals surface area contributed by atoms with Crippen molar-refractivity contribution in [1.82, 2.24) is 9.88 Å². The Morgan fingerprint density at radius 2 is 2.25 bits per heavy atom. The molecule has 1 amide bonds. The first kappa shape index (κ1) is 11.2. The minimum atomic E-state index is 0.0665. The number of rotatable bonds is 3. The van der Waals surface area contributed by atoms with Gasteiger partial charge in [-0.25, -0.2) is 0 Å². The number of halogens is 1. The predicted octanol–water partition coefficient (Wildman–Crippen LogP) is 2.54. The van der Waals surface area contributed by atoms with E-state index in [9.17, 15) is 4.79 Å². The average molecular weight is 281 g/mol. The van der Waals surface area contributed by atoms with Crippen molar-refractivity contribution in [3.05, 3.63) is 34.9 Å². The molecule has 2 aromatic rings. The second-order valence-electron chi connectivity index (χ2n) is 3.64. The number of hydrogen-bond donors (Lipinski definition) is 1. The van der Waals surface area contributed by atoms with E-state index in [0.717, 1.165) is 9.99 Å². The SMILES string of the molecule is CNC(=O)CCn1ccc2ccc(Br)cc21. The van der Waals surface area contributed by atoms with E-state index in [1.165, 1.54) is 5.39 Å². The summed E-state index contributed by atoms with van der Waals surface area (Å²) in [4.78, 5) is 11.2. The molecule has 0 saturated heterocycles. The lowest BCUT2D eigenvalue weighted by atomic mass is 10.2. The van der Waals surface area contributed by atoms with Crippen molar-refractivity contribution in [3.63, 3.8) is 0 Å². The Morgan fingerprint density at radius 1 is 1.44 bits per heavy atom. The molecule has 0 fully saturated rings. The summed E-state index contributed by atoms with van der Waals surface area (Å²) in [6.07, 6.45) is 2.52. The number of fused-ring (bicyclic) bond motifs is 1.